The second-order valence-electron chi connectivity index (χ2n) is 9.70. The Balaban J connectivity index is 2.30. The van der Waals surface area contributed by atoms with Crippen molar-refractivity contribution in [2.75, 3.05) is 6.61 Å². The molecule has 0 aromatic heterocycles. The van der Waals surface area contributed by atoms with Crippen LogP contribution in [0, 0.1) is 23.7 Å². The van der Waals surface area contributed by atoms with E-state index in [0.717, 1.165) is 25.2 Å². The Labute approximate surface area is 182 Å². The fraction of sp³-hybridized carbons (Fsp3) is 0.852. The maximum atomic E-state index is 9.87. The first-order valence-electron chi connectivity index (χ1n) is 12.5. The molecule has 0 bridgehead atoms. The van der Waals surface area contributed by atoms with Crippen molar-refractivity contribution < 1.29 is 9.84 Å². The molecule has 0 fully saturated rings. The topological polar surface area (TPSA) is 29.5 Å². The fourth-order valence-electron chi connectivity index (χ4n) is 4.53. The van der Waals surface area contributed by atoms with Gasteiger partial charge in [0.1, 0.15) is 0 Å². The maximum absolute atomic E-state index is 9.87. The molecule has 0 radical (unpaired) electrons. The first kappa shape index (κ1) is 26.4. The van der Waals surface area contributed by atoms with Crippen LogP contribution >= 0.6 is 0 Å². The third-order valence-electron chi connectivity index (χ3n) is 7.00. The van der Waals surface area contributed by atoms with Gasteiger partial charge < -0.3 is 9.84 Å². The molecule has 0 aliphatic heterocycles. The lowest BCUT2D eigenvalue weighted by Crippen LogP contribution is -2.39. The van der Waals surface area contributed by atoms with Gasteiger partial charge in [-0.15, -0.1) is 0 Å². The second-order valence-corrected chi connectivity index (χ2v) is 9.70. The summed E-state index contributed by atoms with van der Waals surface area (Å²) in [5.74, 6) is 2.33. The van der Waals surface area contributed by atoms with Crippen molar-refractivity contribution >= 4 is 0 Å². The van der Waals surface area contributed by atoms with E-state index in [4.69, 9.17) is 4.74 Å². The van der Waals surface area contributed by atoms with E-state index < -0.39 is 0 Å². The minimum absolute atomic E-state index is 0.00820. The predicted molar refractivity (Wildman–Crippen MR) is 127 cm³/mol. The van der Waals surface area contributed by atoms with Crippen LogP contribution in [0.25, 0.3) is 0 Å². The molecule has 29 heavy (non-hydrogen) atoms. The summed E-state index contributed by atoms with van der Waals surface area (Å²) in [5, 5.41) is 9.87. The van der Waals surface area contributed by atoms with E-state index in [9.17, 15) is 5.11 Å². The molecule has 0 amide bonds. The molecule has 1 aliphatic carbocycles. The molecule has 0 saturated carbocycles. The second kappa shape index (κ2) is 15.2. The van der Waals surface area contributed by atoms with Gasteiger partial charge in [0.15, 0.2) is 0 Å². The Morgan fingerprint density at radius 2 is 1.79 bits per heavy atom. The summed E-state index contributed by atoms with van der Waals surface area (Å²) >= 11 is 0. The van der Waals surface area contributed by atoms with Gasteiger partial charge in [-0.25, -0.2) is 0 Å². The number of hydrogen-bond acceptors (Lipinski definition) is 2. The lowest BCUT2D eigenvalue weighted by Gasteiger charge is -2.38. The van der Waals surface area contributed by atoms with Crippen LogP contribution in [0.3, 0.4) is 0 Å². The zero-order chi connectivity index (χ0) is 21.6. The van der Waals surface area contributed by atoms with Crippen LogP contribution < -0.4 is 0 Å². The Kier molecular flexibility index (Phi) is 13.9. The van der Waals surface area contributed by atoms with Crippen LogP contribution in [0.15, 0.2) is 23.8 Å². The van der Waals surface area contributed by atoms with Crippen molar-refractivity contribution in [3.8, 4) is 0 Å². The van der Waals surface area contributed by atoms with Gasteiger partial charge in [-0.05, 0) is 56.8 Å². The van der Waals surface area contributed by atoms with Crippen molar-refractivity contribution in [1.82, 2.24) is 0 Å². The van der Waals surface area contributed by atoms with E-state index in [0.29, 0.717) is 17.8 Å². The van der Waals surface area contributed by atoms with Gasteiger partial charge in [-0.1, -0.05) is 90.5 Å². The smallest absolute Gasteiger partial charge is 0.0809 e. The largest absolute Gasteiger partial charge is 0.394 e. The van der Waals surface area contributed by atoms with Gasteiger partial charge >= 0.3 is 0 Å². The van der Waals surface area contributed by atoms with Crippen molar-refractivity contribution in [2.45, 2.75) is 118 Å². The molecule has 2 nitrogen and oxygen atoms in total. The molecule has 1 rings (SSSR count). The molecular weight excluding hydrogens is 356 g/mol. The third-order valence-corrected chi connectivity index (χ3v) is 7.00. The number of hydrogen-bond donors (Lipinski definition) is 1. The summed E-state index contributed by atoms with van der Waals surface area (Å²) < 4.78 is 6.46. The zero-order valence-electron chi connectivity index (χ0n) is 20.3. The van der Waals surface area contributed by atoms with Crippen molar-refractivity contribution in [3.05, 3.63) is 23.8 Å². The van der Waals surface area contributed by atoms with Crippen molar-refractivity contribution in [1.29, 1.82) is 0 Å². The zero-order valence-corrected chi connectivity index (χ0v) is 20.3. The van der Waals surface area contributed by atoms with Gasteiger partial charge in [0.05, 0.1) is 18.8 Å². The van der Waals surface area contributed by atoms with Crippen LogP contribution in [-0.2, 0) is 4.74 Å². The summed E-state index contributed by atoms with van der Waals surface area (Å²) in [5.41, 5.74) is 1.56. The molecule has 0 aromatic carbocycles. The van der Waals surface area contributed by atoms with Crippen LogP contribution in [0.2, 0.25) is 0 Å². The SMILES string of the molecule is CCCC/C=C(\C)CCCC(C)CCCC(CO)OC1C(CC)C=CC(C)C1C. The molecule has 0 saturated heterocycles. The highest BCUT2D eigenvalue weighted by Crippen LogP contribution is 2.33. The number of rotatable bonds is 15. The minimum Gasteiger partial charge on any atom is -0.394 e. The lowest BCUT2D eigenvalue weighted by molar-refractivity contribution is -0.0926. The van der Waals surface area contributed by atoms with Crippen LogP contribution in [0.5, 0.6) is 0 Å². The normalized spacial score (nSPS) is 27.2. The number of ether oxygens (including phenoxy) is 1. The van der Waals surface area contributed by atoms with Crippen molar-refractivity contribution in [3.63, 3.8) is 0 Å². The van der Waals surface area contributed by atoms with E-state index in [1.54, 1.807) is 5.57 Å². The number of aliphatic hydroxyl groups is 1. The summed E-state index contributed by atoms with van der Waals surface area (Å²) in [6.07, 6.45) is 19.5. The highest BCUT2D eigenvalue weighted by Gasteiger charge is 2.33. The molecule has 0 spiro atoms. The van der Waals surface area contributed by atoms with Crippen LogP contribution in [0.1, 0.15) is 106 Å². The van der Waals surface area contributed by atoms with Gasteiger partial charge in [0, 0.05) is 5.92 Å². The van der Waals surface area contributed by atoms with E-state index in [1.807, 2.05) is 0 Å². The summed E-state index contributed by atoms with van der Waals surface area (Å²) in [4.78, 5) is 0. The standard InChI is InChI=1S/C27H50O2/c1-7-9-10-13-21(3)14-11-15-22(4)16-12-17-26(20-28)29-27-24(6)23(5)18-19-25(27)8-2/h13,18-19,22-28H,7-12,14-17,20H2,1-6H3/b21-13+. The molecule has 170 valence electrons. The molecule has 6 unspecified atom stereocenters. The average molecular weight is 407 g/mol. The van der Waals surface area contributed by atoms with Gasteiger partial charge in [-0.3, -0.25) is 0 Å². The number of allylic oxidation sites excluding steroid dienone is 3. The molecule has 1 aliphatic rings. The minimum atomic E-state index is -0.00820. The third kappa shape index (κ3) is 10.3. The number of aliphatic hydroxyl groups excluding tert-OH is 1. The summed E-state index contributed by atoms with van der Waals surface area (Å²) in [7, 11) is 0. The monoisotopic (exact) mass is 406 g/mol. The van der Waals surface area contributed by atoms with Crippen LogP contribution in [-0.4, -0.2) is 23.9 Å². The molecule has 2 heteroatoms. The molecule has 0 aromatic rings. The molecule has 6 atom stereocenters. The average Bonchev–Trinajstić information content (AvgIpc) is 2.70. The number of unbranched alkanes of at least 4 members (excludes halogenated alkanes) is 2. The highest BCUT2D eigenvalue weighted by molar-refractivity contribution is 5.04. The summed E-state index contributed by atoms with van der Waals surface area (Å²) in [6, 6.07) is 0. The van der Waals surface area contributed by atoms with E-state index >= 15 is 0 Å². The predicted octanol–water partition coefficient (Wildman–Crippen LogP) is 7.71. The Bertz CT molecular complexity index is 467. The van der Waals surface area contributed by atoms with E-state index in [2.05, 4.69) is 59.8 Å². The van der Waals surface area contributed by atoms with Gasteiger partial charge in [0.25, 0.3) is 0 Å². The molecule has 1 N–H and O–H groups in total. The Hall–Kier alpha value is -0.600. The van der Waals surface area contributed by atoms with Crippen molar-refractivity contribution in [2.24, 2.45) is 23.7 Å². The highest BCUT2D eigenvalue weighted by atomic mass is 16.5. The van der Waals surface area contributed by atoms with E-state index in [-0.39, 0.29) is 18.8 Å². The maximum Gasteiger partial charge on any atom is 0.0809 e. The first-order chi connectivity index (χ1) is 13.9. The molecular formula is C27H50O2. The quantitative estimate of drug-likeness (QED) is 0.223. The first-order valence-corrected chi connectivity index (χ1v) is 12.5. The lowest BCUT2D eigenvalue weighted by atomic mass is 9.77. The molecule has 0 heterocycles. The van der Waals surface area contributed by atoms with Crippen LogP contribution in [0.4, 0.5) is 0 Å². The van der Waals surface area contributed by atoms with E-state index in [1.165, 1.54) is 44.9 Å². The Morgan fingerprint density at radius 1 is 1.07 bits per heavy atom. The Morgan fingerprint density at radius 3 is 2.45 bits per heavy atom. The van der Waals surface area contributed by atoms with Gasteiger partial charge in [0.2, 0.25) is 0 Å². The fourth-order valence-corrected chi connectivity index (χ4v) is 4.53. The summed E-state index contributed by atoms with van der Waals surface area (Å²) in [6.45, 7) is 13.9. The van der Waals surface area contributed by atoms with Gasteiger partial charge in [-0.2, -0.15) is 0 Å².